The summed E-state index contributed by atoms with van der Waals surface area (Å²) in [6.07, 6.45) is 1.87. The lowest BCUT2D eigenvalue weighted by Gasteiger charge is -2.09. The molecule has 0 aromatic heterocycles. The van der Waals surface area contributed by atoms with E-state index in [0.717, 1.165) is 31.0 Å². The van der Waals surface area contributed by atoms with Gasteiger partial charge in [-0.05, 0) is 43.2 Å². The highest BCUT2D eigenvalue weighted by Gasteiger charge is 2.26. The number of carbonyl (C=O) groups excluding carboxylic acids is 2. The standard InChI is InChI=1S/C19H17FN2O6/c1-27-18-7-3-12(20)9-14(18)17(23)10-28-19(24)11-2-6-15(21-13-4-5-13)16(8-11)22(25)26/h2-3,6-9,13,21H,4-5,10H2,1H3. The van der Waals surface area contributed by atoms with E-state index in [1.54, 1.807) is 0 Å². The average molecular weight is 388 g/mol. The minimum atomic E-state index is -0.898. The van der Waals surface area contributed by atoms with Crippen LogP contribution in [0.25, 0.3) is 0 Å². The summed E-state index contributed by atoms with van der Waals surface area (Å²) in [4.78, 5) is 35.1. The van der Waals surface area contributed by atoms with Crippen LogP contribution in [0.1, 0.15) is 33.6 Å². The Morgan fingerprint density at radius 2 is 2.00 bits per heavy atom. The Hall–Kier alpha value is -3.49. The zero-order valence-electron chi connectivity index (χ0n) is 14.9. The molecule has 28 heavy (non-hydrogen) atoms. The lowest BCUT2D eigenvalue weighted by Crippen LogP contribution is -2.15. The molecule has 0 saturated heterocycles. The van der Waals surface area contributed by atoms with Crippen LogP contribution >= 0.6 is 0 Å². The molecule has 1 aliphatic rings. The number of nitrogens with one attached hydrogen (secondary N) is 1. The van der Waals surface area contributed by atoms with Crippen molar-refractivity contribution in [3.05, 3.63) is 63.5 Å². The quantitative estimate of drug-likeness (QED) is 0.320. The molecule has 0 bridgehead atoms. The highest BCUT2D eigenvalue weighted by molar-refractivity contribution is 6.01. The van der Waals surface area contributed by atoms with Crippen LogP contribution in [-0.4, -0.2) is 36.4 Å². The fourth-order valence-electron chi connectivity index (χ4n) is 2.57. The van der Waals surface area contributed by atoms with E-state index in [2.05, 4.69) is 5.32 Å². The number of Topliss-reactive ketones (excluding diaryl/α,β-unsaturated/α-hetero) is 1. The van der Waals surface area contributed by atoms with Crippen molar-refractivity contribution < 1.29 is 28.4 Å². The first kappa shape index (κ1) is 19.3. The number of carbonyl (C=O) groups is 2. The highest BCUT2D eigenvalue weighted by atomic mass is 19.1. The fraction of sp³-hybridized carbons (Fsp3) is 0.263. The maximum atomic E-state index is 13.4. The predicted octanol–water partition coefficient (Wildman–Crippen LogP) is 3.36. The summed E-state index contributed by atoms with van der Waals surface area (Å²) in [5, 5.41) is 14.3. The predicted molar refractivity (Wildman–Crippen MR) is 97.3 cm³/mol. The number of halogens is 1. The summed E-state index contributed by atoms with van der Waals surface area (Å²) in [5.41, 5.74) is -0.0542. The van der Waals surface area contributed by atoms with Gasteiger partial charge in [-0.1, -0.05) is 0 Å². The molecule has 1 fully saturated rings. The molecule has 0 atom stereocenters. The molecule has 2 aromatic rings. The van der Waals surface area contributed by atoms with Gasteiger partial charge < -0.3 is 14.8 Å². The molecule has 146 valence electrons. The third kappa shape index (κ3) is 4.43. The van der Waals surface area contributed by atoms with E-state index in [9.17, 15) is 24.1 Å². The summed E-state index contributed by atoms with van der Waals surface area (Å²) < 4.78 is 23.3. The number of nitro groups is 1. The van der Waals surface area contributed by atoms with Gasteiger partial charge in [0, 0.05) is 12.1 Å². The Bertz CT molecular complexity index is 942. The number of esters is 1. The van der Waals surface area contributed by atoms with Crippen LogP contribution in [0, 0.1) is 15.9 Å². The number of ketones is 1. The Kier molecular flexibility index (Phi) is 5.53. The third-order valence-corrected chi connectivity index (χ3v) is 4.16. The molecule has 1 aliphatic carbocycles. The minimum absolute atomic E-state index is 0.0629. The van der Waals surface area contributed by atoms with E-state index in [1.807, 2.05) is 0 Å². The van der Waals surface area contributed by atoms with Crippen LogP contribution in [-0.2, 0) is 4.74 Å². The number of nitro benzene ring substituents is 1. The van der Waals surface area contributed by atoms with Gasteiger partial charge in [0.1, 0.15) is 17.3 Å². The second kappa shape index (κ2) is 8.03. The summed E-state index contributed by atoms with van der Waals surface area (Å²) in [6, 6.07) is 7.53. The van der Waals surface area contributed by atoms with E-state index in [0.29, 0.717) is 5.69 Å². The molecule has 1 N–H and O–H groups in total. The highest BCUT2D eigenvalue weighted by Crippen LogP contribution is 2.31. The molecule has 2 aromatic carbocycles. The average Bonchev–Trinajstić information content (AvgIpc) is 3.49. The molecular formula is C19H17FN2O6. The third-order valence-electron chi connectivity index (χ3n) is 4.16. The van der Waals surface area contributed by atoms with Gasteiger partial charge in [-0.15, -0.1) is 0 Å². The normalized spacial score (nSPS) is 12.9. The van der Waals surface area contributed by atoms with E-state index in [-0.39, 0.29) is 28.6 Å². The molecule has 3 rings (SSSR count). The second-order valence-corrected chi connectivity index (χ2v) is 6.25. The maximum Gasteiger partial charge on any atom is 0.338 e. The van der Waals surface area contributed by atoms with Crippen molar-refractivity contribution in [2.24, 2.45) is 0 Å². The number of methoxy groups -OCH3 is 1. The molecule has 0 heterocycles. The Balaban J connectivity index is 1.71. The van der Waals surface area contributed by atoms with Crippen LogP contribution in [0.2, 0.25) is 0 Å². The number of hydrogen-bond acceptors (Lipinski definition) is 7. The summed E-state index contributed by atoms with van der Waals surface area (Å²) in [6.45, 7) is -0.658. The number of nitrogens with zero attached hydrogens (tertiary/aromatic N) is 1. The monoisotopic (exact) mass is 388 g/mol. The minimum Gasteiger partial charge on any atom is -0.496 e. The van der Waals surface area contributed by atoms with Crippen molar-refractivity contribution in [1.82, 2.24) is 0 Å². The Morgan fingerprint density at radius 1 is 1.25 bits per heavy atom. The molecule has 0 radical (unpaired) electrons. The van der Waals surface area contributed by atoms with Crippen LogP contribution in [0.15, 0.2) is 36.4 Å². The van der Waals surface area contributed by atoms with Crippen LogP contribution in [0.3, 0.4) is 0 Å². The summed E-state index contributed by atoms with van der Waals surface area (Å²) >= 11 is 0. The zero-order valence-corrected chi connectivity index (χ0v) is 14.9. The molecule has 0 unspecified atom stereocenters. The van der Waals surface area contributed by atoms with Crippen molar-refractivity contribution in [2.45, 2.75) is 18.9 Å². The Labute approximate surface area is 159 Å². The summed E-state index contributed by atoms with van der Waals surface area (Å²) in [7, 11) is 1.33. The number of ether oxygens (including phenoxy) is 2. The van der Waals surface area contributed by atoms with Crippen molar-refractivity contribution >= 4 is 23.1 Å². The van der Waals surface area contributed by atoms with Crippen molar-refractivity contribution in [3.8, 4) is 5.75 Å². The molecule has 1 saturated carbocycles. The van der Waals surface area contributed by atoms with Crippen molar-refractivity contribution in [1.29, 1.82) is 0 Å². The Morgan fingerprint density at radius 3 is 2.64 bits per heavy atom. The topological polar surface area (TPSA) is 108 Å². The zero-order chi connectivity index (χ0) is 20.3. The molecule has 0 amide bonds. The smallest absolute Gasteiger partial charge is 0.338 e. The lowest BCUT2D eigenvalue weighted by molar-refractivity contribution is -0.384. The van der Waals surface area contributed by atoms with Gasteiger partial charge >= 0.3 is 5.97 Å². The molecule has 9 heteroatoms. The largest absolute Gasteiger partial charge is 0.496 e. The van der Waals surface area contributed by atoms with E-state index >= 15 is 0 Å². The number of benzene rings is 2. The summed E-state index contributed by atoms with van der Waals surface area (Å²) in [5.74, 6) is -2.05. The second-order valence-electron chi connectivity index (χ2n) is 6.25. The van der Waals surface area contributed by atoms with Crippen LogP contribution in [0.4, 0.5) is 15.8 Å². The number of anilines is 1. The number of rotatable bonds is 8. The molecule has 0 aliphatic heterocycles. The number of hydrogen-bond donors (Lipinski definition) is 1. The SMILES string of the molecule is COc1ccc(F)cc1C(=O)COC(=O)c1ccc(NC2CC2)c([N+](=O)[O-])c1. The van der Waals surface area contributed by atoms with E-state index in [4.69, 9.17) is 9.47 Å². The van der Waals surface area contributed by atoms with Gasteiger partial charge in [-0.2, -0.15) is 0 Å². The van der Waals surface area contributed by atoms with Crippen LogP contribution < -0.4 is 10.1 Å². The van der Waals surface area contributed by atoms with Gasteiger partial charge in [0.25, 0.3) is 5.69 Å². The van der Waals surface area contributed by atoms with Crippen LogP contribution in [0.5, 0.6) is 5.75 Å². The van der Waals surface area contributed by atoms with Gasteiger partial charge in [0.15, 0.2) is 6.61 Å². The van der Waals surface area contributed by atoms with Gasteiger partial charge in [0.05, 0.1) is 23.2 Å². The van der Waals surface area contributed by atoms with Gasteiger partial charge in [-0.25, -0.2) is 9.18 Å². The van der Waals surface area contributed by atoms with Gasteiger partial charge in [0.2, 0.25) is 5.78 Å². The molecule has 8 nitrogen and oxygen atoms in total. The molecular weight excluding hydrogens is 371 g/mol. The maximum absolute atomic E-state index is 13.4. The molecule has 0 spiro atoms. The first-order chi connectivity index (χ1) is 13.4. The van der Waals surface area contributed by atoms with Gasteiger partial charge in [-0.3, -0.25) is 14.9 Å². The first-order valence-corrected chi connectivity index (χ1v) is 8.48. The van der Waals surface area contributed by atoms with E-state index in [1.165, 1.54) is 25.3 Å². The van der Waals surface area contributed by atoms with E-state index < -0.39 is 29.1 Å². The van der Waals surface area contributed by atoms with Crippen molar-refractivity contribution in [3.63, 3.8) is 0 Å². The fourth-order valence-corrected chi connectivity index (χ4v) is 2.57. The lowest BCUT2D eigenvalue weighted by atomic mass is 10.1. The van der Waals surface area contributed by atoms with Crippen molar-refractivity contribution in [2.75, 3.05) is 19.0 Å². The first-order valence-electron chi connectivity index (χ1n) is 8.48.